The van der Waals surface area contributed by atoms with Crippen molar-refractivity contribution in [3.8, 4) is 11.3 Å². The zero-order valence-electron chi connectivity index (χ0n) is 8.44. The summed E-state index contributed by atoms with van der Waals surface area (Å²) in [5, 5.41) is 0. The minimum absolute atomic E-state index is 0.342. The molecule has 1 heterocycles. The Balaban J connectivity index is 2.51. The molecule has 1 aromatic heterocycles. The van der Waals surface area contributed by atoms with Crippen LogP contribution in [0.1, 0.15) is 10.4 Å². The van der Waals surface area contributed by atoms with Gasteiger partial charge in [-0.2, -0.15) is 0 Å². The number of nitrogens with one attached hydrogen (secondary N) is 1. The summed E-state index contributed by atoms with van der Waals surface area (Å²) in [5.41, 5.74) is 7.41. The Kier molecular flexibility index (Phi) is 2.83. The van der Waals surface area contributed by atoms with Crippen molar-refractivity contribution in [2.75, 3.05) is 0 Å². The third kappa shape index (κ3) is 2.01. The fourth-order valence-corrected chi connectivity index (χ4v) is 1.73. The van der Waals surface area contributed by atoms with Gasteiger partial charge in [0.25, 0.3) is 5.91 Å². The molecule has 2 aromatic rings. The van der Waals surface area contributed by atoms with E-state index < -0.39 is 5.91 Å². The Labute approximate surface area is 97.9 Å². The van der Waals surface area contributed by atoms with E-state index in [0.29, 0.717) is 10.2 Å². The molecule has 0 atom stereocenters. The van der Waals surface area contributed by atoms with E-state index in [1.165, 1.54) is 0 Å². The fourth-order valence-electron chi connectivity index (χ4n) is 1.45. The van der Waals surface area contributed by atoms with Crippen molar-refractivity contribution < 1.29 is 4.79 Å². The summed E-state index contributed by atoms with van der Waals surface area (Å²) >= 11 is 5.06. The first-order valence-corrected chi connectivity index (χ1v) is 5.18. The van der Waals surface area contributed by atoms with Crippen LogP contribution in [0.4, 0.5) is 0 Å². The van der Waals surface area contributed by atoms with Crippen LogP contribution in [0.3, 0.4) is 0 Å². The number of aromatic amines is 1. The Bertz CT molecular complexity index is 575. The lowest BCUT2D eigenvalue weighted by atomic mass is 10.1. The number of amides is 1. The summed E-state index contributed by atoms with van der Waals surface area (Å²) in [6.45, 7) is 0. The molecule has 0 aliphatic rings. The second kappa shape index (κ2) is 4.28. The monoisotopic (exact) mass is 230 g/mol. The Morgan fingerprint density at radius 2 is 1.81 bits per heavy atom. The molecule has 0 aliphatic carbocycles. The lowest BCUT2D eigenvalue weighted by molar-refractivity contribution is 0.0999. The average molecular weight is 230 g/mol. The van der Waals surface area contributed by atoms with Gasteiger partial charge in [0.05, 0.1) is 5.56 Å². The third-order valence-corrected chi connectivity index (χ3v) is 2.58. The summed E-state index contributed by atoms with van der Waals surface area (Å²) in [5.74, 6) is -0.513. The van der Waals surface area contributed by atoms with Gasteiger partial charge in [0.15, 0.2) is 0 Å². The van der Waals surface area contributed by atoms with Gasteiger partial charge in [-0.1, -0.05) is 42.5 Å². The number of rotatable bonds is 2. The molecule has 0 fully saturated rings. The van der Waals surface area contributed by atoms with E-state index in [1.54, 1.807) is 12.1 Å². The predicted molar refractivity (Wildman–Crippen MR) is 65.6 cm³/mol. The van der Waals surface area contributed by atoms with Crippen molar-refractivity contribution in [2.24, 2.45) is 5.73 Å². The minimum atomic E-state index is -0.513. The van der Waals surface area contributed by atoms with Crippen LogP contribution in [0.15, 0.2) is 42.5 Å². The van der Waals surface area contributed by atoms with Crippen molar-refractivity contribution in [2.45, 2.75) is 0 Å². The van der Waals surface area contributed by atoms with Crippen LogP contribution >= 0.6 is 12.2 Å². The third-order valence-electron chi connectivity index (χ3n) is 2.26. The number of primary amides is 1. The van der Waals surface area contributed by atoms with Crippen LogP contribution in [-0.4, -0.2) is 10.9 Å². The number of pyridine rings is 1. The van der Waals surface area contributed by atoms with Gasteiger partial charge in [-0.25, -0.2) is 0 Å². The molecule has 80 valence electrons. The van der Waals surface area contributed by atoms with Crippen molar-refractivity contribution in [3.63, 3.8) is 0 Å². The molecule has 0 aliphatic heterocycles. The fraction of sp³-hybridized carbons (Fsp3) is 0. The van der Waals surface area contributed by atoms with E-state index >= 15 is 0 Å². The molecule has 0 saturated carbocycles. The molecular formula is C12H10N2OS. The summed E-state index contributed by atoms with van der Waals surface area (Å²) < 4.78 is 0.369. The molecule has 0 bridgehead atoms. The second-order valence-electron chi connectivity index (χ2n) is 3.35. The quantitative estimate of drug-likeness (QED) is 0.779. The summed E-state index contributed by atoms with van der Waals surface area (Å²) in [6.07, 6.45) is 0. The molecular weight excluding hydrogens is 220 g/mol. The smallest absolute Gasteiger partial charge is 0.251 e. The number of nitrogens with two attached hydrogens (primary N) is 1. The van der Waals surface area contributed by atoms with E-state index in [2.05, 4.69) is 4.98 Å². The molecule has 16 heavy (non-hydrogen) atoms. The highest BCUT2D eigenvalue weighted by atomic mass is 32.1. The van der Waals surface area contributed by atoms with Gasteiger partial charge in [-0.05, 0) is 17.7 Å². The molecule has 2 rings (SSSR count). The molecule has 0 radical (unpaired) electrons. The lowest BCUT2D eigenvalue weighted by Crippen LogP contribution is -2.12. The van der Waals surface area contributed by atoms with Crippen LogP contribution in [-0.2, 0) is 0 Å². The molecule has 3 nitrogen and oxygen atoms in total. The number of H-pyrrole nitrogens is 1. The molecule has 1 aromatic carbocycles. The highest BCUT2D eigenvalue weighted by Crippen LogP contribution is 2.16. The first kappa shape index (κ1) is 10.6. The van der Waals surface area contributed by atoms with Gasteiger partial charge in [-0.3, -0.25) is 4.79 Å². The van der Waals surface area contributed by atoms with Crippen LogP contribution in [0.5, 0.6) is 0 Å². The Hall–Kier alpha value is -1.94. The maximum atomic E-state index is 11.0. The molecule has 0 spiro atoms. The maximum absolute atomic E-state index is 11.0. The lowest BCUT2D eigenvalue weighted by Gasteiger charge is -2.03. The first-order valence-electron chi connectivity index (χ1n) is 4.77. The minimum Gasteiger partial charge on any atom is -0.366 e. The van der Waals surface area contributed by atoms with Crippen LogP contribution in [0.2, 0.25) is 0 Å². The van der Waals surface area contributed by atoms with Gasteiger partial charge < -0.3 is 10.7 Å². The molecule has 1 amide bonds. The SMILES string of the molecule is NC(=O)c1ccc(-c2ccccc2)[nH]c1=S. The van der Waals surface area contributed by atoms with Crippen LogP contribution < -0.4 is 5.73 Å². The molecule has 4 heteroatoms. The number of hydrogen-bond acceptors (Lipinski definition) is 2. The van der Waals surface area contributed by atoms with E-state index in [1.807, 2.05) is 30.3 Å². The zero-order chi connectivity index (χ0) is 11.5. The number of carbonyl (C=O) groups is 1. The molecule has 3 N–H and O–H groups in total. The topological polar surface area (TPSA) is 58.9 Å². The normalized spacial score (nSPS) is 10.0. The van der Waals surface area contributed by atoms with Crippen molar-refractivity contribution in [3.05, 3.63) is 52.7 Å². The Morgan fingerprint density at radius 3 is 2.38 bits per heavy atom. The summed E-state index contributed by atoms with van der Waals surface area (Å²) in [4.78, 5) is 14.0. The molecule has 0 saturated heterocycles. The average Bonchev–Trinajstić information content (AvgIpc) is 2.29. The van der Waals surface area contributed by atoms with E-state index in [9.17, 15) is 4.79 Å². The van der Waals surface area contributed by atoms with E-state index in [0.717, 1.165) is 11.3 Å². The van der Waals surface area contributed by atoms with Gasteiger partial charge in [0.1, 0.15) is 4.64 Å². The van der Waals surface area contributed by atoms with Gasteiger partial charge >= 0.3 is 0 Å². The molecule has 0 unspecified atom stereocenters. The predicted octanol–water partition coefficient (Wildman–Crippen LogP) is 2.51. The highest BCUT2D eigenvalue weighted by molar-refractivity contribution is 7.71. The largest absolute Gasteiger partial charge is 0.366 e. The standard InChI is InChI=1S/C12H10N2OS/c13-11(15)9-6-7-10(14-12(9)16)8-4-2-1-3-5-8/h1-7H,(H2,13,15)(H,14,16). The second-order valence-corrected chi connectivity index (χ2v) is 3.75. The number of hydrogen-bond donors (Lipinski definition) is 2. The zero-order valence-corrected chi connectivity index (χ0v) is 9.25. The number of aromatic nitrogens is 1. The van der Waals surface area contributed by atoms with Crippen LogP contribution in [0, 0.1) is 4.64 Å². The van der Waals surface area contributed by atoms with Crippen molar-refractivity contribution in [1.29, 1.82) is 0 Å². The van der Waals surface area contributed by atoms with Gasteiger partial charge in [0.2, 0.25) is 0 Å². The van der Waals surface area contributed by atoms with Crippen molar-refractivity contribution in [1.82, 2.24) is 4.98 Å². The van der Waals surface area contributed by atoms with Gasteiger partial charge in [-0.15, -0.1) is 0 Å². The number of carbonyl (C=O) groups excluding carboxylic acids is 1. The summed E-state index contributed by atoms with van der Waals surface area (Å²) in [7, 11) is 0. The summed E-state index contributed by atoms with van der Waals surface area (Å²) in [6, 6.07) is 13.2. The van der Waals surface area contributed by atoms with Crippen LogP contribution in [0.25, 0.3) is 11.3 Å². The van der Waals surface area contributed by atoms with E-state index in [4.69, 9.17) is 18.0 Å². The van der Waals surface area contributed by atoms with Gasteiger partial charge in [0, 0.05) is 5.69 Å². The highest BCUT2D eigenvalue weighted by Gasteiger charge is 2.04. The first-order chi connectivity index (χ1) is 7.68. The number of benzene rings is 1. The Morgan fingerprint density at radius 1 is 1.12 bits per heavy atom. The van der Waals surface area contributed by atoms with Crippen molar-refractivity contribution >= 4 is 18.1 Å². The maximum Gasteiger partial charge on any atom is 0.251 e. The van der Waals surface area contributed by atoms with E-state index in [-0.39, 0.29) is 0 Å².